The lowest BCUT2D eigenvalue weighted by Gasteiger charge is -2.07. The van der Waals surface area contributed by atoms with Crippen molar-refractivity contribution in [3.63, 3.8) is 0 Å². The molecule has 0 aliphatic carbocycles. The fraction of sp³-hybridized carbons (Fsp3) is 0.600. The van der Waals surface area contributed by atoms with Gasteiger partial charge in [0, 0.05) is 25.2 Å². The fourth-order valence-corrected chi connectivity index (χ4v) is 1.10. The van der Waals surface area contributed by atoms with Crippen molar-refractivity contribution in [2.75, 3.05) is 13.1 Å². The zero-order valence-corrected chi connectivity index (χ0v) is 9.33. The van der Waals surface area contributed by atoms with Crippen LogP contribution < -0.4 is 10.6 Å². The molecule has 5 nitrogen and oxygen atoms in total. The zero-order valence-electron chi connectivity index (χ0n) is 9.33. The topological polar surface area (TPSA) is 67.2 Å². The molecule has 0 saturated heterocycles. The summed E-state index contributed by atoms with van der Waals surface area (Å²) in [6, 6.07) is 2.04. The first-order valence-electron chi connectivity index (χ1n) is 5.04. The third-order valence-electron chi connectivity index (χ3n) is 1.82. The first kappa shape index (κ1) is 11.7. The second kappa shape index (κ2) is 5.50. The predicted octanol–water partition coefficient (Wildman–Crippen LogP) is 0.711. The van der Waals surface area contributed by atoms with Crippen LogP contribution in [-0.2, 0) is 0 Å². The van der Waals surface area contributed by atoms with Crippen LogP contribution in [0.1, 0.15) is 30.1 Å². The Hall–Kier alpha value is -1.36. The van der Waals surface area contributed by atoms with Crippen molar-refractivity contribution in [3.8, 4) is 0 Å². The number of aromatic nitrogens is 1. The average Bonchev–Trinajstić information content (AvgIpc) is 2.59. The van der Waals surface area contributed by atoms with Gasteiger partial charge in [0.15, 0.2) is 5.69 Å². The second-order valence-electron chi connectivity index (χ2n) is 3.69. The molecule has 1 heterocycles. The molecule has 0 atom stereocenters. The summed E-state index contributed by atoms with van der Waals surface area (Å²) in [6.45, 7) is 7.21. The lowest BCUT2D eigenvalue weighted by Crippen LogP contribution is -2.34. The Balaban J connectivity index is 2.25. The highest BCUT2D eigenvalue weighted by molar-refractivity contribution is 5.92. The van der Waals surface area contributed by atoms with E-state index < -0.39 is 0 Å². The van der Waals surface area contributed by atoms with E-state index in [2.05, 4.69) is 29.6 Å². The second-order valence-corrected chi connectivity index (χ2v) is 3.69. The molecule has 0 radical (unpaired) electrons. The molecule has 1 rings (SSSR count). The summed E-state index contributed by atoms with van der Waals surface area (Å²) in [5.41, 5.74) is 0.331. The molecule has 1 amide bonds. The van der Waals surface area contributed by atoms with Crippen LogP contribution in [0.5, 0.6) is 0 Å². The molecule has 0 fully saturated rings. The van der Waals surface area contributed by atoms with Gasteiger partial charge in [0.1, 0.15) is 5.76 Å². The van der Waals surface area contributed by atoms with Crippen LogP contribution in [0.3, 0.4) is 0 Å². The fourth-order valence-electron chi connectivity index (χ4n) is 1.10. The van der Waals surface area contributed by atoms with Crippen LogP contribution in [0.15, 0.2) is 10.6 Å². The number of carbonyl (C=O) groups is 1. The van der Waals surface area contributed by atoms with Gasteiger partial charge in [0.2, 0.25) is 0 Å². The van der Waals surface area contributed by atoms with E-state index in [0.29, 0.717) is 24.0 Å². The van der Waals surface area contributed by atoms with Crippen molar-refractivity contribution in [1.82, 2.24) is 15.8 Å². The van der Waals surface area contributed by atoms with Gasteiger partial charge in [0.05, 0.1) is 0 Å². The summed E-state index contributed by atoms with van der Waals surface area (Å²) < 4.78 is 4.80. The quantitative estimate of drug-likeness (QED) is 0.704. The van der Waals surface area contributed by atoms with E-state index in [0.717, 1.165) is 6.54 Å². The summed E-state index contributed by atoms with van der Waals surface area (Å²) in [7, 11) is 0. The van der Waals surface area contributed by atoms with E-state index in [-0.39, 0.29) is 5.91 Å². The predicted molar refractivity (Wildman–Crippen MR) is 56.7 cm³/mol. The summed E-state index contributed by atoms with van der Waals surface area (Å²) in [4.78, 5) is 11.4. The minimum Gasteiger partial charge on any atom is -0.361 e. The zero-order chi connectivity index (χ0) is 11.3. The molecule has 0 spiro atoms. The Morgan fingerprint density at radius 1 is 1.53 bits per heavy atom. The maximum absolute atomic E-state index is 11.4. The van der Waals surface area contributed by atoms with Crippen LogP contribution in [0.4, 0.5) is 0 Å². The number of nitrogens with one attached hydrogen (secondary N) is 2. The smallest absolute Gasteiger partial charge is 0.273 e. The Kier molecular flexibility index (Phi) is 4.30. The number of hydrogen-bond acceptors (Lipinski definition) is 4. The molecule has 0 aliphatic rings. The van der Waals surface area contributed by atoms with Gasteiger partial charge in [-0.2, -0.15) is 0 Å². The van der Waals surface area contributed by atoms with E-state index in [1.54, 1.807) is 13.0 Å². The van der Waals surface area contributed by atoms with Gasteiger partial charge < -0.3 is 15.2 Å². The maximum Gasteiger partial charge on any atom is 0.273 e. The van der Waals surface area contributed by atoms with Crippen LogP contribution >= 0.6 is 0 Å². The molecule has 0 aromatic carbocycles. The normalized spacial score (nSPS) is 10.7. The number of aryl methyl sites for hydroxylation is 1. The lowest BCUT2D eigenvalue weighted by molar-refractivity contribution is 0.0944. The van der Waals surface area contributed by atoms with E-state index in [4.69, 9.17) is 4.52 Å². The summed E-state index contributed by atoms with van der Waals surface area (Å²) in [5.74, 6) is 0.442. The number of rotatable bonds is 5. The van der Waals surface area contributed by atoms with Gasteiger partial charge >= 0.3 is 0 Å². The third-order valence-corrected chi connectivity index (χ3v) is 1.82. The highest BCUT2D eigenvalue weighted by Gasteiger charge is 2.09. The van der Waals surface area contributed by atoms with Gasteiger partial charge in [-0.3, -0.25) is 4.79 Å². The minimum atomic E-state index is -0.197. The standard InChI is InChI=1S/C10H17N3O2/c1-7(2)11-4-5-12-10(14)9-6-8(3)15-13-9/h6-7,11H,4-5H2,1-3H3,(H,12,14). The summed E-state index contributed by atoms with van der Waals surface area (Å²) >= 11 is 0. The molecular weight excluding hydrogens is 194 g/mol. The molecular formula is C10H17N3O2. The Labute approximate surface area is 89.2 Å². The molecule has 2 N–H and O–H groups in total. The lowest BCUT2D eigenvalue weighted by atomic mass is 10.3. The first-order chi connectivity index (χ1) is 7.09. The largest absolute Gasteiger partial charge is 0.361 e. The van der Waals surface area contributed by atoms with Crippen LogP contribution in [-0.4, -0.2) is 30.2 Å². The van der Waals surface area contributed by atoms with Gasteiger partial charge in [-0.25, -0.2) is 0 Å². The van der Waals surface area contributed by atoms with Crippen LogP contribution in [0.25, 0.3) is 0 Å². The highest BCUT2D eigenvalue weighted by atomic mass is 16.5. The summed E-state index contributed by atoms with van der Waals surface area (Å²) in [5, 5.41) is 9.56. The SMILES string of the molecule is Cc1cc(C(=O)NCCNC(C)C)no1. The Bertz CT molecular complexity index is 320. The molecule has 1 aromatic rings. The van der Waals surface area contributed by atoms with E-state index in [9.17, 15) is 4.79 Å². The Morgan fingerprint density at radius 3 is 2.80 bits per heavy atom. The number of nitrogens with zero attached hydrogens (tertiary/aromatic N) is 1. The highest BCUT2D eigenvalue weighted by Crippen LogP contribution is 2.00. The minimum absolute atomic E-state index is 0.197. The maximum atomic E-state index is 11.4. The van der Waals surface area contributed by atoms with E-state index >= 15 is 0 Å². The van der Waals surface area contributed by atoms with Gasteiger partial charge in [-0.15, -0.1) is 0 Å². The monoisotopic (exact) mass is 211 g/mol. The Morgan fingerprint density at radius 2 is 2.27 bits per heavy atom. The van der Waals surface area contributed by atoms with Crippen LogP contribution in [0, 0.1) is 6.92 Å². The average molecular weight is 211 g/mol. The molecule has 84 valence electrons. The molecule has 0 unspecified atom stereocenters. The van der Waals surface area contributed by atoms with Gasteiger partial charge in [-0.1, -0.05) is 19.0 Å². The molecule has 0 saturated carbocycles. The van der Waals surface area contributed by atoms with E-state index in [1.807, 2.05) is 0 Å². The molecule has 15 heavy (non-hydrogen) atoms. The van der Waals surface area contributed by atoms with E-state index in [1.165, 1.54) is 0 Å². The third kappa shape index (κ3) is 4.12. The van der Waals surface area contributed by atoms with Crippen molar-refractivity contribution in [2.45, 2.75) is 26.8 Å². The van der Waals surface area contributed by atoms with Gasteiger partial charge in [0.25, 0.3) is 5.91 Å². The first-order valence-corrected chi connectivity index (χ1v) is 5.04. The van der Waals surface area contributed by atoms with Crippen LogP contribution in [0.2, 0.25) is 0 Å². The number of carbonyl (C=O) groups excluding carboxylic acids is 1. The van der Waals surface area contributed by atoms with Crippen molar-refractivity contribution < 1.29 is 9.32 Å². The van der Waals surface area contributed by atoms with Crippen molar-refractivity contribution in [3.05, 3.63) is 17.5 Å². The van der Waals surface area contributed by atoms with Gasteiger partial charge in [-0.05, 0) is 6.92 Å². The molecule has 5 heteroatoms. The summed E-state index contributed by atoms with van der Waals surface area (Å²) in [6.07, 6.45) is 0. The van der Waals surface area contributed by atoms with Crippen molar-refractivity contribution >= 4 is 5.91 Å². The van der Waals surface area contributed by atoms with Crippen molar-refractivity contribution in [1.29, 1.82) is 0 Å². The molecule has 1 aromatic heterocycles. The number of hydrogen-bond donors (Lipinski definition) is 2. The molecule has 0 aliphatic heterocycles. The number of amides is 1. The molecule has 0 bridgehead atoms. The van der Waals surface area contributed by atoms with Crippen molar-refractivity contribution in [2.24, 2.45) is 0 Å².